The predicted molar refractivity (Wildman–Crippen MR) is 88.8 cm³/mol. The first-order valence-corrected chi connectivity index (χ1v) is 8.22. The van der Waals surface area contributed by atoms with Gasteiger partial charge >= 0.3 is 0 Å². The van der Waals surface area contributed by atoms with Crippen LogP contribution in [-0.4, -0.2) is 42.9 Å². The Hall–Kier alpha value is -2.54. The van der Waals surface area contributed by atoms with Crippen LogP contribution >= 0.6 is 0 Å². The van der Waals surface area contributed by atoms with Gasteiger partial charge in [0, 0.05) is 17.3 Å². The van der Waals surface area contributed by atoms with Crippen LogP contribution < -0.4 is 24.8 Å². The molecule has 2 aliphatic rings. The molecule has 0 atom stereocenters. The summed E-state index contributed by atoms with van der Waals surface area (Å²) in [4.78, 5) is 22.5. The highest BCUT2D eigenvalue weighted by molar-refractivity contribution is 5.44. The molecule has 1 fully saturated rings. The lowest BCUT2D eigenvalue weighted by molar-refractivity contribution is -0.914. The summed E-state index contributed by atoms with van der Waals surface area (Å²) >= 11 is 0. The van der Waals surface area contributed by atoms with Gasteiger partial charge in [0.1, 0.15) is 6.54 Å². The fourth-order valence-electron chi connectivity index (χ4n) is 3.26. The Balaban J connectivity index is 1.38. The molecule has 0 radical (unpaired) electrons. The summed E-state index contributed by atoms with van der Waals surface area (Å²) in [6, 6.07) is 7.67. The summed E-state index contributed by atoms with van der Waals surface area (Å²) < 4.78 is 10.8. The minimum Gasteiger partial charge on any atom is -0.454 e. The monoisotopic (exact) mass is 329 g/mol. The van der Waals surface area contributed by atoms with Crippen molar-refractivity contribution in [1.82, 2.24) is 9.97 Å². The van der Waals surface area contributed by atoms with Crippen LogP contribution in [0.1, 0.15) is 11.3 Å². The number of aryl methyl sites for hydroxylation is 1. The van der Waals surface area contributed by atoms with Gasteiger partial charge in [0.2, 0.25) is 12.7 Å². The van der Waals surface area contributed by atoms with E-state index in [1.54, 1.807) is 0 Å². The Labute approximate surface area is 139 Å². The number of piperazine rings is 1. The summed E-state index contributed by atoms with van der Waals surface area (Å²) in [6.07, 6.45) is 0. The minimum absolute atomic E-state index is 0.0902. The Morgan fingerprint density at radius 1 is 1.21 bits per heavy atom. The molecule has 0 spiro atoms. The number of aromatic amines is 1. The van der Waals surface area contributed by atoms with Crippen molar-refractivity contribution < 1.29 is 14.4 Å². The van der Waals surface area contributed by atoms with Crippen LogP contribution in [0.5, 0.6) is 11.5 Å². The molecule has 1 saturated heterocycles. The number of hydrogen-bond acceptors (Lipinski definition) is 5. The quantitative estimate of drug-likeness (QED) is 0.810. The summed E-state index contributed by atoms with van der Waals surface area (Å²) in [5.74, 6) is 2.35. The van der Waals surface area contributed by atoms with Gasteiger partial charge in [0.25, 0.3) is 5.56 Å². The van der Waals surface area contributed by atoms with E-state index >= 15 is 0 Å². The van der Waals surface area contributed by atoms with Crippen molar-refractivity contribution in [3.05, 3.63) is 45.9 Å². The first-order chi connectivity index (χ1) is 11.7. The van der Waals surface area contributed by atoms with Gasteiger partial charge in [0.15, 0.2) is 11.5 Å². The van der Waals surface area contributed by atoms with Crippen LogP contribution in [0.3, 0.4) is 0 Å². The number of ether oxygens (including phenoxy) is 2. The van der Waals surface area contributed by atoms with Crippen LogP contribution in [0.15, 0.2) is 29.1 Å². The average Bonchev–Trinajstić information content (AvgIpc) is 3.02. The van der Waals surface area contributed by atoms with E-state index in [9.17, 15) is 4.79 Å². The maximum Gasteiger partial charge on any atom is 0.252 e. The van der Waals surface area contributed by atoms with Gasteiger partial charge in [-0.1, -0.05) is 0 Å². The Bertz CT molecular complexity index is 797. The third-order valence-electron chi connectivity index (χ3n) is 4.52. The van der Waals surface area contributed by atoms with Crippen molar-refractivity contribution in [2.75, 3.05) is 37.9 Å². The molecule has 0 amide bonds. The summed E-state index contributed by atoms with van der Waals surface area (Å²) in [5.41, 5.74) is 1.92. The van der Waals surface area contributed by atoms with Gasteiger partial charge in [0.05, 0.1) is 26.2 Å². The number of fused-ring (bicyclic) bond motifs is 1. The first kappa shape index (κ1) is 15.0. The second-order valence-electron chi connectivity index (χ2n) is 6.31. The van der Waals surface area contributed by atoms with Crippen LogP contribution in [0.25, 0.3) is 0 Å². The van der Waals surface area contributed by atoms with Crippen LogP contribution in [0.4, 0.5) is 5.95 Å². The fraction of sp³-hybridized carbons (Fsp3) is 0.412. The van der Waals surface area contributed by atoms with E-state index in [-0.39, 0.29) is 5.56 Å². The van der Waals surface area contributed by atoms with Gasteiger partial charge in [-0.3, -0.25) is 9.78 Å². The molecule has 24 heavy (non-hydrogen) atoms. The Kier molecular flexibility index (Phi) is 3.86. The van der Waals surface area contributed by atoms with Gasteiger partial charge in [-0.15, -0.1) is 0 Å². The second kappa shape index (κ2) is 6.16. The average molecular weight is 329 g/mol. The molecule has 4 rings (SSSR count). The van der Waals surface area contributed by atoms with E-state index in [4.69, 9.17) is 9.47 Å². The van der Waals surface area contributed by atoms with Crippen molar-refractivity contribution in [2.45, 2.75) is 13.5 Å². The van der Waals surface area contributed by atoms with Crippen molar-refractivity contribution in [3.63, 3.8) is 0 Å². The number of anilines is 1. The molecule has 2 aliphatic heterocycles. The lowest BCUT2D eigenvalue weighted by Crippen LogP contribution is -3.13. The first-order valence-electron chi connectivity index (χ1n) is 8.22. The number of nitrogens with zero attached hydrogens (tertiary/aromatic N) is 2. The van der Waals surface area contributed by atoms with Crippen molar-refractivity contribution >= 4 is 5.95 Å². The van der Waals surface area contributed by atoms with E-state index in [1.807, 2.05) is 13.0 Å². The van der Waals surface area contributed by atoms with Crippen molar-refractivity contribution in [3.8, 4) is 11.5 Å². The summed E-state index contributed by atoms with van der Waals surface area (Å²) in [5, 5.41) is 0. The summed E-state index contributed by atoms with van der Waals surface area (Å²) in [6.45, 7) is 6.89. The molecule has 0 unspecified atom stereocenters. The maximum absolute atomic E-state index is 11.6. The number of nitrogens with one attached hydrogen (secondary N) is 2. The third kappa shape index (κ3) is 3.07. The minimum atomic E-state index is -0.0902. The van der Waals surface area contributed by atoms with E-state index in [1.165, 1.54) is 16.5 Å². The van der Waals surface area contributed by atoms with E-state index in [0.717, 1.165) is 49.9 Å². The molecule has 126 valence electrons. The Morgan fingerprint density at radius 3 is 2.79 bits per heavy atom. The zero-order valence-electron chi connectivity index (χ0n) is 13.7. The molecule has 0 aliphatic carbocycles. The summed E-state index contributed by atoms with van der Waals surface area (Å²) in [7, 11) is 0. The van der Waals surface area contributed by atoms with Crippen molar-refractivity contribution in [1.29, 1.82) is 0 Å². The molecular weight excluding hydrogens is 308 g/mol. The highest BCUT2D eigenvalue weighted by atomic mass is 16.7. The van der Waals surface area contributed by atoms with Gasteiger partial charge in [-0.25, -0.2) is 4.98 Å². The molecule has 7 nitrogen and oxygen atoms in total. The zero-order chi connectivity index (χ0) is 16.5. The fourth-order valence-corrected chi connectivity index (χ4v) is 3.26. The standard InChI is InChI=1S/C17H20N4O3/c1-12-8-16(22)19-17(18-12)21-6-4-20(5-7-21)10-13-2-3-14-15(9-13)24-11-23-14/h2-3,8-9H,4-7,10-11H2,1H3,(H,18,19,22)/p+1. The molecule has 0 saturated carbocycles. The second-order valence-corrected chi connectivity index (χ2v) is 6.31. The molecule has 7 heteroatoms. The van der Waals surface area contributed by atoms with Gasteiger partial charge in [-0.05, 0) is 25.1 Å². The lowest BCUT2D eigenvalue weighted by atomic mass is 10.1. The molecular formula is C17H21N4O3+. The highest BCUT2D eigenvalue weighted by Gasteiger charge is 2.23. The number of hydrogen-bond donors (Lipinski definition) is 2. The number of rotatable bonds is 3. The molecule has 0 bridgehead atoms. The number of aromatic nitrogens is 2. The molecule has 2 aromatic rings. The SMILES string of the molecule is Cc1cc(=O)[nH]c(N2CC[NH+](Cc3ccc4c(c3)OCO4)CC2)n1. The van der Waals surface area contributed by atoms with Gasteiger partial charge < -0.3 is 19.3 Å². The topological polar surface area (TPSA) is 71.9 Å². The zero-order valence-corrected chi connectivity index (χ0v) is 13.7. The van der Waals surface area contributed by atoms with Crippen LogP contribution in [-0.2, 0) is 6.54 Å². The lowest BCUT2D eigenvalue weighted by Gasteiger charge is -2.32. The maximum atomic E-state index is 11.6. The Morgan fingerprint density at radius 2 is 2.00 bits per heavy atom. The van der Waals surface area contributed by atoms with Crippen molar-refractivity contribution in [2.24, 2.45) is 0 Å². The largest absolute Gasteiger partial charge is 0.454 e. The van der Waals surface area contributed by atoms with E-state index in [0.29, 0.717) is 12.7 Å². The number of benzene rings is 1. The number of quaternary nitrogens is 1. The molecule has 1 aromatic heterocycles. The number of H-pyrrole nitrogens is 1. The van der Waals surface area contributed by atoms with Crippen LogP contribution in [0.2, 0.25) is 0 Å². The molecule has 1 aromatic carbocycles. The van der Waals surface area contributed by atoms with Gasteiger partial charge in [-0.2, -0.15) is 0 Å². The normalized spacial score (nSPS) is 17.3. The highest BCUT2D eigenvalue weighted by Crippen LogP contribution is 2.32. The van der Waals surface area contributed by atoms with E-state index in [2.05, 4.69) is 27.0 Å². The smallest absolute Gasteiger partial charge is 0.252 e. The van der Waals surface area contributed by atoms with Crippen LogP contribution in [0, 0.1) is 6.92 Å². The molecule has 3 heterocycles. The third-order valence-corrected chi connectivity index (χ3v) is 4.52. The predicted octanol–water partition coefficient (Wildman–Crippen LogP) is -0.288. The molecule has 2 N–H and O–H groups in total. The van der Waals surface area contributed by atoms with E-state index < -0.39 is 0 Å².